The number of benzene rings is 1. The van der Waals surface area contributed by atoms with Gasteiger partial charge in [0.05, 0.1) is 17.1 Å². The highest BCUT2D eigenvalue weighted by Gasteiger charge is 2.32. The molecular weight excluding hydrogens is 268 g/mol. The number of nitrogens with zero attached hydrogens (tertiary/aromatic N) is 2. The number of rotatable bonds is 6. The Hall–Kier alpha value is -1.51. The van der Waals surface area contributed by atoms with E-state index in [4.69, 9.17) is 0 Å². The number of nitrogens with one attached hydrogen (secondary N) is 2. The Morgan fingerprint density at radius 3 is 3.00 bits per heavy atom. The fourth-order valence-electron chi connectivity index (χ4n) is 2.19. The van der Waals surface area contributed by atoms with Gasteiger partial charge < -0.3 is 4.98 Å². The molecular formula is C15H18N4S. The van der Waals surface area contributed by atoms with Crippen LogP contribution in [0.4, 0.5) is 0 Å². The molecule has 0 spiro atoms. The predicted molar refractivity (Wildman–Crippen MR) is 81.6 cm³/mol. The van der Waals surface area contributed by atoms with E-state index >= 15 is 0 Å². The van der Waals surface area contributed by atoms with E-state index in [1.165, 1.54) is 12.8 Å². The zero-order valence-corrected chi connectivity index (χ0v) is 12.3. The SMILES string of the molecule is CC(C#N)(CCSc1nc2ccccc2[nH]1)NC1CC1. The van der Waals surface area contributed by atoms with E-state index in [-0.39, 0.29) is 0 Å². The number of hydrogen-bond donors (Lipinski definition) is 2. The first kappa shape index (κ1) is 13.5. The van der Waals surface area contributed by atoms with Crippen molar-refractivity contribution in [3.63, 3.8) is 0 Å². The highest BCUT2D eigenvalue weighted by molar-refractivity contribution is 7.99. The van der Waals surface area contributed by atoms with Crippen LogP contribution >= 0.6 is 11.8 Å². The number of aromatic amines is 1. The minimum absolute atomic E-state index is 0.416. The summed E-state index contributed by atoms with van der Waals surface area (Å²) in [7, 11) is 0. The Kier molecular flexibility index (Phi) is 3.68. The summed E-state index contributed by atoms with van der Waals surface area (Å²) in [5, 5.41) is 13.7. The molecule has 0 radical (unpaired) electrons. The Balaban J connectivity index is 1.57. The van der Waals surface area contributed by atoms with E-state index in [0.717, 1.165) is 28.4 Å². The van der Waals surface area contributed by atoms with Crippen molar-refractivity contribution in [2.75, 3.05) is 5.75 Å². The quantitative estimate of drug-likeness (QED) is 0.801. The maximum atomic E-state index is 9.33. The molecule has 104 valence electrons. The van der Waals surface area contributed by atoms with Crippen LogP contribution in [-0.4, -0.2) is 27.3 Å². The highest BCUT2D eigenvalue weighted by Crippen LogP contribution is 2.26. The number of aromatic nitrogens is 2. The maximum Gasteiger partial charge on any atom is 0.166 e. The molecule has 3 rings (SSSR count). The van der Waals surface area contributed by atoms with Gasteiger partial charge >= 0.3 is 0 Å². The molecule has 1 unspecified atom stereocenters. The average molecular weight is 286 g/mol. The van der Waals surface area contributed by atoms with Gasteiger partial charge in [-0.1, -0.05) is 23.9 Å². The first-order chi connectivity index (χ1) is 9.68. The van der Waals surface area contributed by atoms with Crippen molar-refractivity contribution >= 4 is 22.8 Å². The molecule has 1 heterocycles. The van der Waals surface area contributed by atoms with Crippen molar-refractivity contribution in [2.45, 2.75) is 42.9 Å². The molecule has 4 nitrogen and oxygen atoms in total. The van der Waals surface area contributed by atoms with Gasteiger partial charge in [-0.3, -0.25) is 5.32 Å². The second kappa shape index (κ2) is 5.47. The van der Waals surface area contributed by atoms with Crippen LogP contribution in [0.3, 0.4) is 0 Å². The molecule has 0 aliphatic heterocycles. The smallest absolute Gasteiger partial charge is 0.166 e. The van der Waals surface area contributed by atoms with Crippen LogP contribution in [0.2, 0.25) is 0 Å². The number of nitriles is 1. The van der Waals surface area contributed by atoms with Gasteiger partial charge in [-0.25, -0.2) is 4.98 Å². The Morgan fingerprint density at radius 1 is 1.50 bits per heavy atom. The summed E-state index contributed by atoms with van der Waals surface area (Å²) in [5.74, 6) is 0.879. The third-order valence-corrected chi connectivity index (χ3v) is 4.43. The molecule has 1 saturated carbocycles. The van der Waals surface area contributed by atoms with Gasteiger partial charge in [0.25, 0.3) is 0 Å². The van der Waals surface area contributed by atoms with Crippen molar-refractivity contribution in [3.8, 4) is 6.07 Å². The molecule has 5 heteroatoms. The third-order valence-electron chi connectivity index (χ3n) is 3.56. The number of fused-ring (bicyclic) bond motifs is 1. The molecule has 0 saturated heterocycles. The van der Waals surface area contributed by atoms with Crippen molar-refractivity contribution in [1.29, 1.82) is 5.26 Å². The summed E-state index contributed by atoms with van der Waals surface area (Å²) in [5.41, 5.74) is 1.64. The van der Waals surface area contributed by atoms with E-state index in [1.807, 2.05) is 31.2 Å². The lowest BCUT2D eigenvalue weighted by molar-refractivity contribution is 0.433. The summed E-state index contributed by atoms with van der Waals surface area (Å²) in [6.07, 6.45) is 3.23. The first-order valence-electron chi connectivity index (χ1n) is 6.95. The number of thioether (sulfide) groups is 1. The Morgan fingerprint density at radius 2 is 2.30 bits per heavy atom. The Labute approximate surface area is 123 Å². The molecule has 1 aromatic heterocycles. The van der Waals surface area contributed by atoms with E-state index < -0.39 is 5.54 Å². The summed E-state index contributed by atoms with van der Waals surface area (Å²) in [4.78, 5) is 7.84. The minimum atomic E-state index is -0.416. The van der Waals surface area contributed by atoms with Crippen molar-refractivity contribution in [2.24, 2.45) is 0 Å². The second-order valence-electron chi connectivity index (χ2n) is 5.52. The zero-order chi connectivity index (χ0) is 14.0. The fourth-order valence-corrected chi connectivity index (χ4v) is 3.24. The van der Waals surface area contributed by atoms with E-state index in [9.17, 15) is 5.26 Å². The van der Waals surface area contributed by atoms with Crippen LogP contribution in [0.15, 0.2) is 29.4 Å². The van der Waals surface area contributed by atoms with Gasteiger partial charge in [-0.2, -0.15) is 5.26 Å². The molecule has 1 aromatic carbocycles. The van der Waals surface area contributed by atoms with Crippen molar-refractivity contribution in [1.82, 2.24) is 15.3 Å². The fraction of sp³-hybridized carbons (Fsp3) is 0.467. The average Bonchev–Trinajstić information content (AvgIpc) is 3.15. The molecule has 0 bridgehead atoms. The summed E-state index contributed by atoms with van der Waals surface area (Å²) in [6, 6.07) is 11.0. The molecule has 1 fully saturated rings. The van der Waals surface area contributed by atoms with Gasteiger partial charge in [0.2, 0.25) is 0 Å². The van der Waals surface area contributed by atoms with Crippen molar-refractivity contribution < 1.29 is 0 Å². The molecule has 0 amide bonds. The topological polar surface area (TPSA) is 64.5 Å². The molecule has 20 heavy (non-hydrogen) atoms. The monoisotopic (exact) mass is 286 g/mol. The van der Waals surface area contributed by atoms with E-state index in [2.05, 4.69) is 21.4 Å². The van der Waals surface area contributed by atoms with Crippen LogP contribution in [0, 0.1) is 11.3 Å². The number of H-pyrrole nitrogens is 1. The molecule has 2 N–H and O–H groups in total. The van der Waals surface area contributed by atoms with Crippen LogP contribution in [0.1, 0.15) is 26.2 Å². The number of hydrogen-bond acceptors (Lipinski definition) is 4. The van der Waals surface area contributed by atoms with E-state index in [0.29, 0.717) is 6.04 Å². The summed E-state index contributed by atoms with van der Waals surface area (Å²) < 4.78 is 0. The molecule has 1 atom stereocenters. The summed E-state index contributed by atoms with van der Waals surface area (Å²) in [6.45, 7) is 1.99. The number of para-hydroxylation sites is 2. The first-order valence-corrected chi connectivity index (χ1v) is 7.94. The summed E-state index contributed by atoms with van der Waals surface area (Å²) >= 11 is 1.68. The third kappa shape index (κ3) is 3.14. The lowest BCUT2D eigenvalue weighted by Crippen LogP contribution is -2.42. The maximum absolute atomic E-state index is 9.33. The van der Waals surface area contributed by atoms with Crippen molar-refractivity contribution in [3.05, 3.63) is 24.3 Å². The zero-order valence-electron chi connectivity index (χ0n) is 11.5. The lowest BCUT2D eigenvalue weighted by Gasteiger charge is -2.22. The predicted octanol–water partition coefficient (Wildman–Crippen LogP) is 3.08. The lowest BCUT2D eigenvalue weighted by atomic mass is 10.0. The highest BCUT2D eigenvalue weighted by atomic mass is 32.2. The van der Waals surface area contributed by atoms with Gasteiger partial charge in [-0.05, 0) is 38.3 Å². The van der Waals surface area contributed by atoms with Crippen LogP contribution in [0.25, 0.3) is 11.0 Å². The number of imidazole rings is 1. The molecule has 1 aliphatic rings. The molecule has 1 aliphatic carbocycles. The van der Waals surface area contributed by atoms with Crippen LogP contribution < -0.4 is 5.32 Å². The standard InChI is InChI=1S/C15H18N4S/c1-15(10-16,19-11-6-7-11)8-9-20-14-17-12-4-2-3-5-13(12)18-14/h2-5,11,19H,6-9H2,1H3,(H,17,18). The molecule has 2 aromatic rings. The minimum Gasteiger partial charge on any atom is -0.333 e. The van der Waals surface area contributed by atoms with Gasteiger partial charge in [0.1, 0.15) is 5.54 Å². The largest absolute Gasteiger partial charge is 0.333 e. The van der Waals surface area contributed by atoms with Gasteiger partial charge in [-0.15, -0.1) is 0 Å². The van der Waals surface area contributed by atoms with Gasteiger partial charge in [0, 0.05) is 11.8 Å². The van der Waals surface area contributed by atoms with Crippen LogP contribution in [-0.2, 0) is 0 Å². The second-order valence-corrected chi connectivity index (χ2v) is 6.60. The van der Waals surface area contributed by atoms with Crippen LogP contribution in [0.5, 0.6) is 0 Å². The normalized spacial score (nSPS) is 17.8. The van der Waals surface area contributed by atoms with E-state index in [1.54, 1.807) is 11.8 Å². The Bertz CT molecular complexity index is 608. The van der Waals surface area contributed by atoms with Gasteiger partial charge in [0.15, 0.2) is 5.16 Å².